The number of carbonyl (C=O) groups excluding carboxylic acids is 1. The van der Waals surface area contributed by atoms with Crippen LogP contribution in [-0.2, 0) is 0 Å². The van der Waals surface area contributed by atoms with Crippen LogP contribution in [0.25, 0.3) is 10.9 Å². The Morgan fingerprint density at radius 1 is 1.33 bits per heavy atom. The van der Waals surface area contributed by atoms with Gasteiger partial charge < -0.3 is 0 Å². The summed E-state index contributed by atoms with van der Waals surface area (Å²) in [7, 11) is 0. The Balaban J connectivity index is 2.84. The largest absolute Gasteiger partial charge is 0.291 e. The number of hydrogen-bond acceptors (Lipinski definition) is 3. The number of nitrogens with zero attached hydrogens (tertiary/aromatic N) is 2. The van der Waals surface area contributed by atoms with Crippen LogP contribution in [0.15, 0.2) is 18.2 Å². The molecule has 3 nitrogen and oxygen atoms in total. The quantitative estimate of drug-likeness (QED) is 0.669. The molecule has 1 aromatic heterocycles. The fourth-order valence-electron chi connectivity index (χ4n) is 1.48. The van der Waals surface area contributed by atoms with Crippen molar-refractivity contribution in [2.45, 2.75) is 13.8 Å². The predicted molar refractivity (Wildman–Crippen MR) is 54.2 cm³/mol. The first kappa shape index (κ1) is 9.71. The van der Waals surface area contributed by atoms with Crippen molar-refractivity contribution in [2.75, 3.05) is 0 Å². The van der Waals surface area contributed by atoms with E-state index in [0.717, 1.165) is 0 Å². The monoisotopic (exact) mass is 204 g/mol. The van der Waals surface area contributed by atoms with E-state index >= 15 is 0 Å². The minimum Gasteiger partial charge on any atom is -0.291 e. The average Bonchev–Trinajstić information content (AvgIpc) is 2.17. The van der Waals surface area contributed by atoms with Crippen molar-refractivity contribution in [1.29, 1.82) is 0 Å². The third-order valence-corrected chi connectivity index (χ3v) is 2.17. The van der Waals surface area contributed by atoms with Gasteiger partial charge in [0.15, 0.2) is 11.6 Å². The molecule has 0 aliphatic rings. The second-order valence-electron chi connectivity index (χ2n) is 3.32. The van der Waals surface area contributed by atoms with Gasteiger partial charge in [-0.15, -0.1) is 0 Å². The van der Waals surface area contributed by atoms with Gasteiger partial charge in [-0.05, 0) is 19.1 Å². The van der Waals surface area contributed by atoms with Crippen LogP contribution in [-0.4, -0.2) is 15.8 Å². The molecule has 0 fully saturated rings. The first-order valence-corrected chi connectivity index (χ1v) is 4.53. The summed E-state index contributed by atoms with van der Waals surface area (Å²) < 4.78 is 13.4. The highest BCUT2D eigenvalue weighted by Gasteiger charge is 2.10. The Labute approximate surface area is 86.0 Å². The molecule has 0 saturated carbocycles. The lowest BCUT2D eigenvalue weighted by Gasteiger charge is -2.03. The SMILES string of the molecule is CC(=O)c1nc(C)c2c(F)cccc2n1. The van der Waals surface area contributed by atoms with Crippen LogP contribution in [0, 0.1) is 12.7 Å². The molecule has 15 heavy (non-hydrogen) atoms. The summed E-state index contributed by atoms with van der Waals surface area (Å²) in [6.45, 7) is 3.05. The number of Topliss-reactive ketones (excluding diaryl/α,β-unsaturated/α-hetero) is 1. The van der Waals surface area contributed by atoms with Crippen molar-refractivity contribution in [2.24, 2.45) is 0 Å². The van der Waals surface area contributed by atoms with E-state index in [-0.39, 0.29) is 17.4 Å². The minimum absolute atomic E-state index is 0.130. The summed E-state index contributed by atoms with van der Waals surface area (Å²) in [6.07, 6.45) is 0. The van der Waals surface area contributed by atoms with Gasteiger partial charge in [-0.1, -0.05) is 6.07 Å². The smallest absolute Gasteiger partial charge is 0.196 e. The van der Waals surface area contributed by atoms with Gasteiger partial charge in [-0.3, -0.25) is 4.79 Å². The molecule has 0 spiro atoms. The molecule has 0 saturated heterocycles. The molecule has 0 amide bonds. The first-order valence-electron chi connectivity index (χ1n) is 4.53. The highest BCUT2D eigenvalue weighted by Crippen LogP contribution is 2.18. The molecule has 0 aliphatic carbocycles. The van der Waals surface area contributed by atoms with E-state index in [1.54, 1.807) is 19.1 Å². The van der Waals surface area contributed by atoms with Crippen LogP contribution < -0.4 is 0 Å². The standard InChI is InChI=1S/C11H9FN2O/c1-6-10-8(12)4-3-5-9(10)14-11(13-6)7(2)15/h3-5H,1-2H3. The third-order valence-electron chi connectivity index (χ3n) is 2.17. The Hall–Kier alpha value is -1.84. The zero-order valence-electron chi connectivity index (χ0n) is 8.41. The van der Waals surface area contributed by atoms with Crippen molar-refractivity contribution in [1.82, 2.24) is 9.97 Å². The first-order chi connectivity index (χ1) is 7.09. The van der Waals surface area contributed by atoms with Crippen molar-refractivity contribution in [3.63, 3.8) is 0 Å². The molecule has 0 atom stereocenters. The molecule has 0 bridgehead atoms. The van der Waals surface area contributed by atoms with Crippen LogP contribution >= 0.6 is 0 Å². The number of benzene rings is 1. The summed E-state index contributed by atoms with van der Waals surface area (Å²) in [6, 6.07) is 4.58. The number of aryl methyl sites for hydroxylation is 1. The number of hydrogen-bond donors (Lipinski definition) is 0. The van der Waals surface area contributed by atoms with Gasteiger partial charge in [0.05, 0.1) is 16.6 Å². The van der Waals surface area contributed by atoms with Crippen molar-refractivity contribution >= 4 is 16.7 Å². The number of rotatable bonds is 1. The summed E-state index contributed by atoms with van der Waals surface area (Å²) in [5, 5.41) is 0.377. The zero-order chi connectivity index (χ0) is 11.0. The lowest BCUT2D eigenvalue weighted by Crippen LogP contribution is -2.04. The predicted octanol–water partition coefficient (Wildman–Crippen LogP) is 2.28. The maximum absolute atomic E-state index is 13.4. The van der Waals surface area contributed by atoms with E-state index < -0.39 is 0 Å². The fraction of sp³-hybridized carbons (Fsp3) is 0.182. The number of carbonyl (C=O) groups is 1. The molecular weight excluding hydrogens is 195 g/mol. The van der Waals surface area contributed by atoms with Gasteiger partial charge in [-0.25, -0.2) is 14.4 Å². The van der Waals surface area contributed by atoms with Crippen molar-refractivity contribution < 1.29 is 9.18 Å². The Kier molecular flexibility index (Phi) is 2.19. The van der Waals surface area contributed by atoms with E-state index in [4.69, 9.17) is 0 Å². The topological polar surface area (TPSA) is 42.9 Å². The highest BCUT2D eigenvalue weighted by molar-refractivity contribution is 5.93. The summed E-state index contributed by atoms with van der Waals surface area (Å²) in [5.74, 6) is -0.449. The van der Waals surface area contributed by atoms with E-state index in [9.17, 15) is 9.18 Å². The minimum atomic E-state index is -0.361. The molecule has 0 unspecified atom stereocenters. The van der Waals surface area contributed by atoms with Gasteiger partial charge in [0.1, 0.15) is 5.82 Å². The molecule has 2 rings (SSSR count). The van der Waals surface area contributed by atoms with E-state index in [1.807, 2.05) is 0 Å². The van der Waals surface area contributed by atoms with Crippen LogP contribution in [0.4, 0.5) is 4.39 Å². The van der Waals surface area contributed by atoms with E-state index in [0.29, 0.717) is 16.6 Å². The molecule has 4 heteroatoms. The van der Waals surface area contributed by atoms with Crippen LogP contribution in [0.1, 0.15) is 23.2 Å². The van der Waals surface area contributed by atoms with Gasteiger partial charge in [0.2, 0.25) is 0 Å². The number of fused-ring (bicyclic) bond motifs is 1. The van der Waals surface area contributed by atoms with Gasteiger partial charge >= 0.3 is 0 Å². The van der Waals surface area contributed by atoms with Crippen LogP contribution in [0.3, 0.4) is 0 Å². The summed E-state index contributed by atoms with van der Waals surface area (Å²) in [5.41, 5.74) is 0.955. The Bertz CT molecular complexity index is 552. The normalized spacial score (nSPS) is 10.6. The molecule has 0 aliphatic heterocycles. The average molecular weight is 204 g/mol. The number of aromatic nitrogens is 2. The molecule has 1 aromatic carbocycles. The van der Waals surface area contributed by atoms with Crippen molar-refractivity contribution in [3.05, 3.63) is 35.5 Å². The molecule has 2 aromatic rings. The van der Waals surface area contributed by atoms with Crippen LogP contribution in [0.2, 0.25) is 0 Å². The molecule has 0 N–H and O–H groups in total. The fourth-order valence-corrected chi connectivity index (χ4v) is 1.48. The molecule has 0 radical (unpaired) electrons. The molecule has 76 valence electrons. The van der Waals surface area contributed by atoms with Gasteiger partial charge in [0, 0.05) is 6.92 Å². The van der Waals surface area contributed by atoms with Crippen molar-refractivity contribution in [3.8, 4) is 0 Å². The second-order valence-corrected chi connectivity index (χ2v) is 3.32. The Morgan fingerprint density at radius 3 is 2.73 bits per heavy atom. The third kappa shape index (κ3) is 1.58. The zero-order valence-corrected chi connectivity index (χ0v) is 8.41. The van der Waals surface area contributed by atoms with E-state index in [2.05, 4.69) is 9.97 Å². The van der Waals surface area contributed by atoms with Crippen LogP contribution in [0.5, 0.6) is 0 Å². The summed E-state index contributed by atoms with van der Waals surface area (Å²) >= 11 is 0. The van der Waals surface area contributed by atoms with E-state index in [1.165, 1.54) is 13.0 Å². The lowest BCUT2D eigenvalue weighted by molar-refractivity contribution is 0.100. The molecular formula is C11H9FN2O. The lowest BCUT2D eigenvalue weighted by atomic mass is 10.2. The maximum atomic E-state index is 13.4. The summed E-state index contributed by atoms with van der Waals surface area (Å²) in [4.78, 5) is 19.1. The molecule has 1 heterocycles. The number of halogens is 1. The maximum Gasteiger partial charge on any atom is 0.196 e. The van der Waals surface area contributed by atoms with Gasteiger partial charge in [-0.2, -0.15) is 0 Å². The number of ketones is 1. The Morgan fingerprint density at radius 2 is 2.07 bits per heavy atom. The highest BCUT2D eigenvalue weighted by atomic mass is 19.1. The van der Waals surface area contributed by atoms with Gasteiger partial charge in [0.25, 0.3) is 0 Å². The second kappa shape index (κ2) is 3.38.